The SMILES string of the molecule is CCC(C)(COC(C)C)OC(C)C. The minimum Gasteiger partial charge on any atom is -0.376 e. The topological polar surface area (TPSA) is 18.5 Å². The molecule has 0 N–H and O–H groups in total. The molecule has 0 rings (SSSR count). The summed E-state index contributed by atoms with van der Waals surface area (Å²) in [6, 6.07) is 0. The molecule has 0 heterocycles. The molecule has 1 unspecified atom stereocenters. The molecule has 0 aliphatic carbocycles. The van der Waals surface area contributed by atoms with Crippen molar-refractivity contribution < 1.29 is 9.47 Å². The molecular formula is C11H24O2. The summed E-state index contributed by atoms with van der Waals surface area (Å²) in [5, 5.41) is 0. The van der Waals surface area contributed by atoms with E-state index in [1.807, 2.05) is 13.8 Å². The van der Waals surface area contributed by atoms with E-state index in [9.17, 15) is 0 Å². The Kier molecular flexibility index (Phi) is 5.57. The first-order valence-corrected chi connectivity index (χ1v) is 5.19. The molecule has 0 fully saturated rings. The minimum atomic E-state index is -0.127. The molecule has 80 valence electrons. The molecule has 0 spiro atoms. The van der Waals surface area contributed by atoms with Gasteiger partial charge in [0, 0.05) is 0 Å². The molecule has 1 atom stereocenters. The number of ether oxygens (including phenoxy) is 2. The molecule has 0 bridgehead atoms. The zero-order chi connectivity index (χ0) is 10.5. The van der Waals surface area contributed by atoms with Crippen LogP contribution < -0.4 is 0 Å². The van der Waals surface area contributed by atoms with Gasteiger partial charge in [-0.1, -0.05) is 6.92 Å². The fourth-order valence-corrected chi connectivity index (χ4v) is 1.13. The molecule has 0 radical (unpaired) electrons. The van der Waals surface area contributed by atoms with Crippen molar-refractivity contribution in [2.45, 2.75) is 65.8 Å². The smallest absolute Gasteiger partial charge is 0.0887 e. The van der Waals surface area contributed by atoms with Gasteiger partial charge in [0.15, 0.2) is 0 Å². The van der Waals surface area contributed by atoms with Gasteiger partial charge in [-0.25, -0.2) is 0 Å². The quantitative estimate of drug-likeness (QED) is 0.638. The lowest BCUT2D eigenvalue weighted by molar-refractivity contribution is -0.123. The number of rotatable bonds is 6. The van der Waals surface area contributed by atoms with Crippen molar-refractivity contribution >= 4 is 0 Å². The molecule has 0 aliphatic heterocycles. The Morgan fingerprint density at radius 3 is 1.92 bits per heavy atom. The molecule has 0 aromatic carbocycles. The normalized spacial score (nSPS) is 16.6. The van der Waals surface area contributed by atoms with Crippen LogP contribution in [0.3, 0.4) is 0 Å². The van der Waals surface area contributed by atoms with Crippen molar-refractivity contribution in [1.29, 1.82) is 0 Å². The van der Waals surface area contributed by atoms with Gasteiger partial charge in [-0.05, 0) is 41.0 Å². The molecule has 0 saturated heterocycles. The van der Waals surface area contributed by atoms with E-state index in [1.54, 1.807) is 0 Å². The predicted octanol–water partition coefficient (Wildman–Crippen LogP) is 3.01. The predicted molar refractivity (Wildman–Crippen MR) is 56.0 cm³/mol. The summed E-state index contributed by atoms with van der Waals surface area (Å²) in [5.74, 6) is 0. The van der Waals surface area contributed by atoms with E-state index in [2.05, 4.69) is 27.7 Å². The van der Waals surface area contributed by atoms with Gasteiger partial charge < -0.3 is 9.47 Å². The van der Waals surface area contributed by atoms with Crippen LogP contribution in [0.4, 0.5) is 0 Å². The van der Waals surface area contributed by atoms with E-state index in [1.165, 1.54) is 0 Å². The molecule has 0 saturated carbocycles. The Bertz CT molecular complexity index is 132. The molecule has 0 aromatic heterocycles. The van der Waals surface area contributed by atoms with Crippen LogP contribution in [-0.2, 0) is 9.47 Å². The highest BCUT2D eigenvalue weighted by Crippen LogP contribution is 2.18. The van der Waals surface area contributed by atoms with Gasteiger partial charge in [-0.3, -0.25) is 0 Å². The maximum absolute atomic E-state index is 5.81. The van der Waals surface area contributed by atoms with Gasteiger partial charge in [0.1, 0.15) is 0 Å². The van der Waals surface area contributed by atoms with Gasteiger partial charge in [0.05, 0.1) is 24.4 Å². The Balaban J connectivity index is 3.96. The number of hydrogen-bond donors (Lipinski definition) is 0. The second kappa shape index (κ2) is 5.61. The van der Waals surface area contributed by atoms with Crippen molar-refractivity contribution in [1.82, 2.24) is 0 Å². The van der Waals surface area contributed by atoms with Crippen LogP contribution in [0.1, 0.15) is 48.0 Å². The summed E-state index contributed by atoms with van der Waals surface area (Å²) in [6.07, 6.45) is 1.53. The maximum atomic E-state index is 5.81. The van der Waals surface area contributed by atoms with Crippen LogP contribution in [0.15, 0.2) is 0 Å². The third kappa shape index (κ3) is 6.05. The Morgan fingerprint density at radius 1 is 1.08 bits per heavy atom. The molecule has 0 aromatic rings. The van der Waals surface area contributed by atoms with E-state index < -0.39 is 0 Å². The Labute approximate surface area is 82.6 Å². The summed E-state index contributed by atoms with van der Waals surface area (Å²) in [5.41, 5.74) is -0.127. The Hall–Kier alpha value is -0.0800. The van der Waals surface area contributed by atoms with Gasteiger partial charge in [-0.15, -0.1) is 0 Å². The summed E-state index contributed by atoms with van der Waals surface area (Å²) in [7, 11) is 0. The van der Waals surface area contributed by atoms with E-state index in [-0.39, 0.29) is 17.8 Å². The zero-order valence-electron chi connectivity index (χ0n) is 9.89. The van der Waals surface area contributed by atoms with Gasteiger partial charge >= 0.3 is 0 Å². The number of hydrogen-bond acceptors (Lipinski definition) is 2. The molecule has 0 aliphatic rings. The largest absolute Gasteiger partial charge is 0.376 e. The first kappa shape index (κ1) is 12.9. The lowest BCUT2D eigenvalue weighted by Gasteiger charge is -2.31. The maximum Gasteiger partial charge on any atom is 0.0887 e. The first-order valence-electron chi connectivity index (χ1n) is 5.19. The highest BCUT2D eigenvalue weighted by Gasteiger charge is 2.24. The lowest BCUT2D eigenvalue weighted by Crippen LogP contribution is -2.37. The van der Waals surface area contributed by atoms with Crippen LogP contribution in [-0.4, -0.2) is 24.4 Å². The highest BCUT2D eigenvalue weighted by molar-refractivity contribution is 4.73. The summed E-state index contributed by atoms with van der Waals surface area (Å²) in [6.45, 7) is 13.1. The standard InChI is InChI=1S/C11H24O2/c1-7-11(6,13-10(4)5)8-12-9(2)3/h9-10H,7-8H2,1-6H3. The fraction of sp³-hybridized carbons (Fsp3) is 1.00. The average molecular weight is 188 g/mol. The summed E-state index contributed by atoms with van der Waals surface area (Å²) in [4.78, 5) is 0. The van der Waals surface area contributed by atoms with Crippen LogP contribution in [0.5, 0.6) is 0 Å². The minimum absolute atomic E-state index is 0.127. The van der Waals surface area contributed by atoms with E-state index in [0.717, 1.165) is 6.42 Å². The molecule has 2 heteroatoms. The second-order valence-corrected chi connectivity index (χ2v) is 4.33. The fourth-order valence-electron chi connectivity index (χ4n) is 1.13. The average Bonchev–Trinajstić information content (AvgIpc) is 2.00. The van der Waals surface area contributed by atoms with E-state index in [4.69, 9.17) is 9.47 Å². The van der Waals surface area contributed by atoms with Crippen LogP contribution in [0, 0.1) is 0 Å². The van der Waals surface area contributed by atoms with Crippen molar-refractivity contribution in [3.63, 3.8) is 0 Å². The van der Waals surface area contributed by atoms with Crippen molar-refractivity contribution in [3.05, 3.63) is 0 Å². The first-order chi connectivity index (χ1) is 5.89. The van der Waals surface area contributed by atoms with Crippen LogP contribution in [0.25, 0.3) is 0 Å². The van der Waals surface area contributed by atoms with Crippen molar-refractivity contribution in [3.8, 4) is 0 Å². The third-order valence-corrected chi connectivity index (χ3v) is 1.99. The van der Waals surface area contributed by atoms with E-state index >= 15 is 0 Å². The lowest BCUT2D eigenvalue weighted by atomic mass is 10.0. The van der Waals surface area contributed by atoms with Gasteiger partial charge in [0.2, 0.25) is 0 Å². The second-order valence-electron chi connectivity index (χ2n) is 4.33. The van der Waals surface area contributed by atoms with Crippen LogP contribution in [0.2, 0.25) is 0 Å². The van der Waals surface area contributed by atoms with Gasteiger partial charge in [0.25, 0.3) is 0 Å². The summed E-state index contributed by atoms with van der Waals surface area (Å²) < 4.78 is 11.4. The molecule has 0 amide bonds. The van der Waals surface area contributed by atoms with E-state index in [0.29, 0.717) is 6.61 Å². The van der Waals surface area contributed by atoms with Gasteiger partial charge in [-0.2, -0.15) is 0 Å². The zero-order valence-corrected chi connectivity index (χ0v) is 9.89. The van der Waals surface area contributed by atoms with Crippen molar-refractivity contribution in [2.75, 3.05) is 6.61 Å². The third-order valence-electron chi connectivity index (χ3n) is 1.99. The van der Waals surface area contributed by atoms with Crippen molar-refractivity contribution in [2.24, 2.45) is 0 Å². The molecule has 2 nitrogen and oxygen atoms in total. The highest BCUT2D eigenvalue weighted by atomic mass is 16.6. The molecular weight excluding hydrogens is 164 g/mol. The molecule has 13 heavy (non-hydrogen) atoms. The van der Waals surface area contributed by atoms with Crippen LogP contribution >= 0.6 is 0 Å². The Morgan fingerprint density at radius 2 is 1.62 bits per heavy atom. The monoisotopic (exact) mass is 188 g/mol. The summed E-state index contributed by atoms with van der Waals surface area (Å²) >= 11 is 0.